The Morgan fingerprint density at radius 3 is 2.48 bits per heavy atom. The number of carbonyl (C=O) groups excluding carboxylic acids is 2. The molecule has 0 radical (unpaired) electrons. The number of amides is 1. The van der Waals surface area contributed by atoms with Crippen molar-refractivity contribution in [2.24, 2.45) is 5.10 Å². The predicted octanol–water partition coefficient (Wildman–Crippen LogP) is 3.95. The number of benzene rings is 2. The van der Waals surface area contributed by atoms with E-state index >= 15 is 0 Å². The molecular formula is C20H15BrN2O4. The molecule has 136 valence electrons. The molecule has 0 atom stereocenters. The van der Waals surface area contributed by atoms with Gasteiger partial charge in [-0.15, -0.1) is 0 Å². The van der Waals surface area contributed by atoms with E-state index in [0.29, 0.717) is 5.75 Å². The summed E-state index contributed by atoms with van der Waals surface area (Å²) in [6.07, 6.45) is 3.16. The van der Waals surface area contributed by atoms with Crippen LogP contribution in [0.5, 0.6) is 5.75 Å². The summed E-state index contributed by atoms with van der Waals surface area (Å²) in [6, 6.07) is 17.3. The summed E-state index contributed by atoms with van der Waals surface area (Å²) in [5.41, 5.74) is 4.12. The number of hydrogen-bond acceptors (Lipinski definition) is 5. The van der Waals surface area contributed by atoms with Crippen molar-refractivity contribution in [1.29, 1.82) is 0 Å². The summed E-state index contributed by atoms with van der Waals surface area (Å²) in [5, 5.41) is 3.93. The van der Waals surface area contributed by atoms with Crippen LogP contribution in [-0.4, -0.2) is 18.1 Å². The molecule has 0 fully saturated rings. The summed E-state index contributed by atoms with van der Waals surface area (Å²) in [7, 11) is 0. The number of furan rings is 1. The SMILES string of the molecule is O=C(Cc1ccc(Br)cc1)N/N=C\c1ccc(OC(=O)c2ccco2)cc1. The van der Waals surface area contributed by atoms with E-state index in [4.69, 9.17) is 9.15 Å². The molecule has 6 nitrogen and oxygen atoms in total. The van der Waals surface area contributed by atoms with Gasteiger partial charge >= 0.3 is 5.97 Å². The molecular weight excluding hydrogens is 412 g/mol. The molecule has 1 aromatic heterocycles. The molecule has 0 aliphatic heterocycles. The normalized spacial score (nSPS) is 10.7. The monoisotopic (exact) mass is 426 g/mol. The fourth-order valence-electron chi connectivity index (χ4n) is 2.18. The third kappa shape index (κ3) is 5.65. The number of nitrogens with one attached hydrogen (secondary N) is 1. The molecule has 1 heterocycles. The van der Waals surface area contributed by atoms with E-state index in [-0.39, 0.29) is 18.1 Å². The fraction of sp³-hybridized carbons (Fsp3) is 0.0500. The molecule has 0 unspecified atom stereocenters. The second kappa shape index (κ2) is 8.95. The summed E-state index contributed by atoms with van der Waals surface area (Å²) < 4.78 is 11.1. The highest BCUT2D eigenvalue weighted by Gasteiger charge is 2.10. The van der Waals surface area contributed by atoms with Gasteiger partial charge in [-0.1, -0.05) is 28.1 Å². The molecule has 3 aromatic rings. The van der Waals surface area contributed by atoms with Crippen molar-refractivity contribution in [1.82, 2.24) is 5.43 Å². The number of carbonyl (C=O) groups is 2. The third-order valence-electron chi connectivity index (χ3n) is 3.49. The lowest BCUT2D eigenvalue weighted by molar-refractivity contribution is -0.120. The van der Waals surface area contributed by atoms with Crippen LogP contribution in [0.2, 0.25) is 0 Å². The fourth-order valence-corrected chi connectivity index (χ4v) is 2.44. The highest BCUT2D eigenvalue weighted by atomic mass is 79.9. The topological polar surface area (TPSA) is 80.9 Å². The van der Waals surface area contributed by atoms with E-state index in [1.807, 2.05) is 24.3 Å². The van der Waals surface area contributed by atoms with Crippen LogP contribution in [0.4, 0.5) is 0 Å². The zero-order valence-electron chi connectivity index (χ0n) is 14.1. The molecule has 7 heteroatoms. The quantitative estimate of drug-likeness (QED) is 0.280. The minimum atomic E-state index is -0.568. The summed E-state index contributed by atoms with van der Waals surface area (Å²) >= 11 is 3.35. The average molecular weight is 427 g/mol. The molecule has 0 saturated carbocycles. The van der Waals surface area contributed by atoms with Crippen molar-refractivity contribution < 1.29 is 18.7 Å². The molecule has 0 aliphatic carbocycles. The first-order chi connectivity index (χ1) is 13.1. The van der Waals surface area contributed by atoms with Gasteiger partial charge in [0.05, 0.1) is 18.9 Å². The van der Waals surface area contributed by atoms with E-state index < -0.39 is 5.97 Å². The number of ether oxygens (including phenoxy) is 1. The second-order valence-corrected chi connectivity index (χ2v) is 6.45. The van der Waals surface area contributed by atoms with E-state index in [1.54, 1.807) is 30.3 Å². The van der Waals surface area contributed by atoms with Gasteiger partial charge in [-0.2, -0.15) is 5.10 Å². The summed E-state index contributed by atoms with van der Waals surface area (Å²) in [5.74, 6) is -0.263. The van der Waals surface area contributed by atoms with Gasteiger partial charge in [0.1, 0.15) is 5.75 Å². The molecule has 0 aliphatic rings. The average Bonchev–Trinajstić information content (AvgIpc) is 3.20. The van der Waals surface area contributed by atoms with Gasteiger partial charge < -0.3 is 9.15 Å². The van der Waals surface area contributed by atoms with Crippen molar-refractivity contribution >= 4 is 34.0 Å². The van der Waals surface area contributed by atoms with Crippen LogP contribution in [0.3, 0.4) is 0 Å². The number of esters is 1. The third-order valence-corrected chi connectivity index (χ3v) is 4.02. The van der Waals surface area contributed by atoms with Crippen LogP contribution in [0, 0.1) is 0 Å². The Balaban J connectivity index is 1.49. The Bertz CT molecular complexity index is 933. The zero-order chi connectivity index (χ0) is 19.1. The molecule has 1 amide bonds. The number of halogens is 1. The molecule has 0 saturated heterocycles. The largest absolute Gasteiger partial charge is 0.457 e. The maximum absolute atomic E-state index is 11.9. The van der Waals surface area contributed by atoms with Crippen LogP contribution >= 0.6 is 15.9 Å². The van der Waals surface area contributed by atoms with E-state index in [0.717, 1.165) is 15.6 Å². The smallest absolute Gasteiger partial charge is 0.379 e. The molecule has 27 heavy (non-hydrogen) atoms. The first-order valence-corrected chi connectivity index (χ1v) is 8.81. The van der Waals surface area contributed by atoms with Gasteiger partial charge in [-0.05, 0) is 59.7 Å². The van der Waals surface area contributed by atoms with E-state index in [2.05, 4.69) is 26.5 Å². The van der Waals surface area contributed by atoms with E-state index in [1.165, 1.54) is 18.5 Å². The standard InChI is InChI=1S/C20H15BrN2O4/c21-16-7-3-14(4-8-16)12-19(24)23-22-13-15-5-9-17(10-6-15)27-20(25)18-2-1-11-26-18/h1-11,13H,12H2,(H,23,24)/b22-13-. The van der Waals surface area contributed by atoms with Gasteiger partial charge in [-0.25, -0.2) is 10.2 Å². The van der Waals surface area contributed by atoms with Gasteiger partial charge in [0.2, 0.25) is 11.7 Å². The van der Waals surface area contributed by atoms with Crippen molar-refractivity contribution in [2.45, 2.75) is 6.42 Å². The Kier molecular flexibility index (Phi) is 6.17. The maximum atomic E-state index is 11.9. The van der Waals surface area contributed by atoms with Crippen molar-refractivity contribution in [2.75, 3.05) is 0 Å². The maximum Gasteiger partial charge on any atom is 0.379 e. The summed E-state index contributed by atoms with van der Waals surface area (Å²) in [4.78, 5) is 23.7. The highest BCUT2D eigenvalue weighted by molar-refractivity contribution is 9.10. The van der Waals surface area contributed by atoms with Gasteiger partial charge in [0.15, 0.2) is 0 Å². The van der Waals surface area contributed by atoms with Gasteiger partial charge in [-0.3, -0.25) is 4.79 Å². The minimum Gasteiger partial charge on any atom is -0.457 e. The summed E-state index contributed by atoms with van der Waals surface area (Å²) in [6.45, 7) is 0. The predicted molar refractivity (Wildman–Crippen MR) is 104 cm³/mol. The van der Waals surface area contributed by atoms with Crippen LogP contribution in [0.15, 0.2) is 80.9 Å². The lowest BCUT2D eigenvalue weighted by atomic mass is 10.1. The second-order valence-electron chi connectivity index (χ2n) is 5.53. The Morgan fingerprint density at radius 1 is 1.07 bits per heavy atom. The number of rotatable bonds is 6. The van der Waals surface area contributed by atoms with Crippen LogP contribution < -0.4 is 10.2 Å². The lowest BCUT2D eigenvalue weighted by Crippen LogP contribution is -2.19. The molecule has 1 N–H and O–H groups in total. The van der Waals surface area contributed by atoms with Crippen molar-refractivity contribution in [3.05, 3.63) is 88.3 Å². The number of nitrogens with zero attached hydrogens (tertiary/aromatic N) is 1. The van der Waals surface area contributed by atoms with Crippen LogP contribution in [0.25, 0.3) is 0 Å². The first kappa shape index (κ1) is 18.6. The molecule has 0 bridgehead atoms. The zero-order valence-corrected chi connectivity index (χ0v) is 15.7. The molecule has 0 spiro atoms. The van der Waals surface area contributed by atoms with Crippen LogP contribution in [0.1, 0.15) is 21.7 Å². The highest BCUT2D eigenvalue weighted by Crippen LogP contribution is 2.14. The van der Waals surface area contributed by atoms with Crippen molar-refractivity contribution in [3.63, 3.8) is 0 Å². The van der Waals surface area contributed by atoms with Gasteiger partial charge in [0.25, 0.3) is 0 Å². The Labute approximate surface area is 164 Å². The Morgan fingerprint density at radius 2 is 1.81 bits per heavy atom. The minimum absolute atomic E-state index is 0.133. The first-order valence-electron chi connectivity index (χ1n) is 8.02. The van der Waals surface area contributed by atoms with Crippen molar-refractivity contribution in [3.8, 4) is 5.75 Å². The Hall–Kier alpha value is -3.19. The number of hydrogen-bond donors (Lipinski definition) is 1. The van der Waals surface area contributed by atoms with Gasteiger partial charge in [0, 0.05) is 4.47 Å². The van der Waals surface area contributed by atoms with E-state index in [9.17, 15) is 9.59 Å². The molecule has 2 aromatic carbocycles. The lowest BCUT2D eigenvalue weighted by Gasteiger charge is -2.03. The molecule has 3 rings (SSSR count). The number of hydrazone groups is 1. The van der Waals surface area contributed by atoms with Crippen LogP contribution in [-0.2, 0) is 11.2 Å².